The van der Waals surface area contributed by atoms with Gasteiger partial charge in [0.05, 0.1) is 5.56 Å². The lowest BCUT2D eigenvalue weighted by Gasteiger charge is -2.35. The Morgan fingerprint density at radius 2 is 1.87 bits per heavy atom. The number of amides is 1. The van der Waals surface area contributed by atoms with E-state index in [2.05, 4.69) is 11.0 Å². The molecule has 0 atom stereocenters. The summed E-state index contributed by atoms with van der Waals surface area (Å²) < 4.78 is 13.7. The quantitative estimate of drug-likeness (QED) is 0.794. The first-order valence-corrected chi connectivity index (χ1v) is 8.68. The van der Waals surface area contributed by atoms with Crippen LogP contribution in [-0.4, -0.2) is 48.4 Å². The molecule has 1 saturated heterocycles. The Hall–Kier alpha value is -1.68. The summed E-state index contributed by atoms with van der Waals surface area (Å²) in [5.41, 5.74) is 1.79. The summed E-state index contributed by atoms with van der Waals surface area (Å²) in [6.07, 6.45) is 8.71. The Morgan fingerprint density at radius 1 is 1.09 bits per heavy atom. The minimum absolute atomic E-state index is 0.183. The van der Waals surface area contributed by atoms with Crippen molar-refractivity contribution in [1.82, 2.24) is 9.80 Å². The molecule has 0 saturated carbocycles. The van der Waals surface area contributed by atoms with Crippen LogP contribution in [0, 0.1) is 5.82 Å². The molecule has 0 bridgehead atoms. The zero-order chi connectivity index (χ0) is 16.1. The molecule has 3 rings (SSSR count). The summed E-state index contributed by atoms with van der Waals surface area (Å²) in [7, 11) is 0. The molecule has 1 fully saturated rings. The second kappa shape index (κ2) is 7.73. The first-order chi connectivity index (χ1) is 11.2. The van der Waals surface area contributed by atoms with Crippen LogP contribution in [0.3, 0.4) is 0 Å². The lowest BCUT2D eigenvalue weighted by molar-refractivity contribution is 0.0633. The highest BCUT2D eigenvalue weighted by atomic mass is 19.1. The Morgan fingerprint density at radius 3 is 2.57 bits per heavy atom. The van der Waals surface area contributed by atoms with E-state index < -0.39 is 5.82 Å². The van der Waals surface area contributed by atoms with E-state index in [1.807, 2.05) is 0 Å². The van der Waals surface area contributed by atoms with Gasteiger partial charge in [0.25, 0.3) is 5.91 Å². The number of benzene rings is 1. The maximum absolute atomic E-state index is 13.7. The van der Waals surface area contributed by atoms with E-state index in [0.717, 1.165) is 26.1 Å². The molecule has 1 aliphatic carbocycles. The molecule has 1 heterocycles. The predicted octanol–water partition coefficient (Wildman–Crippen LogP) is 3.47. The lowest BCUT2D eigenvalue weighted by atomic mass is 9.97. The summed E-state index contributed by atoms with van der Waals surface area (Å²) in [6, 6.07) is 6.25. The van der Waals surface area contributed by atoms with Gasteiger partial charge >= 0.3 is 0 Å². The van der Waals surface area contributed by atoms with Gasteiger partial charge < -0.3 is 4.90 Å². The SMILES string of the molecule is O=C(c1ccccc1F)N1CCN(CCC2=CCCCC2)CC1. The fraction of sp³-hybridized carbons (Fsp3) is 0.526. The average molecular weight is 316 g/mol. The maximum atomic E-state index is 13.7. The molecule has 3 nitrogen and oxygen atoms in total. The van der Waals surface area contributed by atoms with Gasteiger partial charge in [-0.1, -0.05) is 23.8 Å². The van der Waals surface area contributed by atoms with Crippen molar-refractivity contribution in [2.45, 2.75) is 32.1 Å². The standard InChI is InChI=1S/C19H25FN2O/c20-18-9-5-4-8-17(18)19(23)22-14-12-21(13-15-22)11-10-16-6-2-1-3-7-16/h4-6,8-9H,1-3,7,10-15H2. The molecule has 0 radical (unpaired) electrons. The van der Waals surface area contributed by atoms with Crippen molar-refractivity contribution in [1.29, 1.82) is 0 Å². The minimum Gasteiger partial charge on any atom is -0.336 e. The highest BCUT2D eigenvalue weighted by molar-refractivity contribution is 5.94. The van der Waals surface area contributed by atoms with E-state index in [1.165, 1.54) is 31.7 Å². The van der Waals surface area contributed by atoms with Crippen molar-refractivity contribution < 1.29 is 9.18 Å². The summed E-state index contributed by atoms with van der Waals surface area (Å²) in [5.74, 6) is -0.609. The Bertz CT molecular complexity index is 576. The van der Waals surface area contributed by atoms with Gasteiger partial charge in [0, 0.05) is 32.7 Å². The largest absolute Gasteiger partial charge is 0.336 e. The van der Waals surface area contributed by atoms with Gasteiger partial charge in [0.1, 0.15) is 5.82 Å². The molecule has 4 heteroatoms. The average Bonchev–Trinajstić information content (AvgIpc) is 2.61. The third-order valence-electron chi connectivity index (χ3n) is 4.90. The topological polar surface area (TPSA) is 23.6 Å². The highest BCUT2D eigenvalue weighted by Gasteiger charge is 2.23. The van der Waals surface area contributed by atoms with Gasteiger partial charge in [-0.15, -0.1) is 0 Å². The highest BCUT2D eigenvalue weighted by Crippen LogP contribution is 2.20. The fourth-order valence-corrected chi connectivity index (χ4v) is 3.41. The molecule has 1 amide bonds. The Labute approximate surface area is 137 Å². The second-order valence-corrected chi connectivity index (χ2v) is 6.47. The molecular formula is C19H25FN2O. The number of allylic oxidation sites excluding steroid dienone is 1. The Kier molecular flexibility index (Phi) is 5.44. The van der Waals surface area contributed by atoms with Gasteiger partial charge in [0.2, 0.25) is 0 Å². The zero-order valence-corrected chi connectivity index (χ0v) is 13.6. The minimum atomic E-state index is -0.427. The van der Waals surface area contributed by atoms with E-state index in [0.29, 0.717) is 13.1 Å². The monoisotopic (exact) mass is 316 g/mol. The lowest BCUT2D eigenvalue weighted by Crippen LogP contribution is -2.49. The van der Waals surface area contributed by atoms with E-state index in [-0.39, 0.29) is 11.5 Å². The number of hydrogen-bond acceptors (Lipinski definition) is 2. The fourth-order valence-electron chi connectivity index (χ4n) is 3.41. The van der Waals surface area contributed by atoms with Gasteiger partial charge in [-0.05, 0) is 44.2 Å². The van der Waals surface area contributed by atoms with E-state index in [1.54, 1.807) is 28.7 Å². The molecule has 0 N–H and O–H groups in total. The van der Waals surface area contributed by atoms with Gasteiger partial charge in [0.15, 0.2) is 0 Å². The summed E-state index contributed by atoms with van der Waals surface area (Å²) in [5, 5.41) is 0. The third-order valence-corrected chi connectivity index (χ3v) is 4.90. The summed E-state index contributed by atoms with van der Waals surface area (Å²) in [4.78, 5) is 16.6. The molecule has 0 unspecified atom stereocenters. The number of hydrogen-bond donors (Lipinski definition) is 0. The van der Waals surface area contributed by atoms with Crippen molar-refractivity contribution in [2.24, 2.45) is 0 Å². The van der Waals surface area contributed by atoms with Crippen LogP contribution in [0.15, 0.2) is 35.9 Å². The van der Waals surface area contributed by atoms with Crippen LogP contribution >= 0.6 is 0 Å². The van der Waals surface area contributed by atoms with Crippen LogP contribution in [0.2, 0.25) is 0 Å². The number of nitrogens with zero attached hydrogens (tertiary/aromatic N) is 2. The number of rotatable bonds is 4. The molecule has 0 spiro atoms. The predicted molar refractivity (Wildman–Crippen MR) is 89.9 cm³/mol. The Balaban J connectivity index is 1.47. The van der Waals surface area contributed by atoms with E-state index >= 15 is 0 Å². The van der Waals surface area contributed by atoms with Gasteiger partial charge in [-0.3, -0.25) is 9.69 Å². The van der Waals surface area contributed by atoms with Crippen molar-refractivity contribution in [2.75, 3.05) is 32.7 Å². The molecule has 0 aromatic heterocycles. The number of halogens is 1. The molecule has 2 aliphatic rings. The van der Waals surface area contributed by atoms with E-state index in [9.17, 15) is 9.18 Å². The maximum Gasteiger partial charge on any atom is 0.256 e. The zero-order valence-electron chi connectivity index (χ0n) is 13.6. The smallest absolute Gasteiger partial charge is 0.256 e. The number of carbonyl (C=O) groups excluding carboxylic acids is 1. The first-order valence-electron chi connectivity index (χ1n) is 8.68. The molecule has 1 aromatic carbocycles. The van der Waals surface area contributed by atoms with E-state index in [4.69, 9.17) is 0 Å². The molecular weight excluding hydrogens is 291 g/mol. The van der Waals surface area contributed by atoms with Crippen molar-refractivity contribution in [3.05, 3.63) is 47.3 Å². The van der Waals surface area contributed by atoms with Crippen LogP contribution in [0.1, 0.15) is 42.5 Å². The summed E-state index contributed by atoms with van der Waals surface area (Å²) in [6.45, 7) is 4.22. The van der Waals surface area contributed by atoms with Crippen LogP contribution in [0.4, 0.5) is 4.39 Å². The molecule has 1 aromatic rings. The molecule has 1 aliphatic heterocycles. The van der Waals surface area contributed by atoms with Crippen molar-refractivity contribution in [3.8, 4) is 0 Å². The van der Waals surface area contributed by atoms with Crippen LogP contribution in [0.25, 0.3) is 0 Å². The number of piperazine rings is 1. The first kappa shape index (κ1) is 16.2. The van der Waals surface area contributed by atoms with Crippen LogP contribution < -0.4 is 0 Å². The van der Waals surface area contributed by atoms with Crippen molar-refractivity contribution in [3.63, 3.8) is 0 Å². The molecule has 23 heavy (non-hydrogen) atoms. The summed E-state index contributed by atoms with van der Waals surface area (Å²) >= 11 is 0. The van der Waals surface area contributed by atoms with Crippen LogP contribution in [-0.2, 0) is 0 Å². The third kappa shape index (κ3) is 4.20. The normalized spacial score (nSPS) is 19.5. The number of carbonyl (C=O) groups is 1. The van der Waals surface area contributed by atoms with Gasteiger partial charge in [-0.25, -0.2) is 4.39 Å². The van der Waals surface area contributed by atoms with Gasteiger partial charge in [-0.2, -0.15) is 0 Å². The molecule has 124 valence electrons. The van der Waals surface area contributed by atoms with Crippen molar-refractivity contribution >= 4 is 5.91 Å². The second-order valence-electron chi connectivity index (χ2n) is 6.47. The van der Waals surface area contributed by atoms with Crippen LogP contribution in [0.5, 0.6) is 0 Å².